The van der Waals surface area contributed by atoms with Crippen molar-refractivity contribution in [1.29, 1.82) is 0 Å². The fourth-order valence-corrected chi connectivity index (χ4v) is 5.38. The van der Waals surface area contributed by atoms with Gasteiger partial charge in [0.2, 0.25) is 0 Å². The SMILES string of the molecule is CCC1(CCCn2c(=O)ccc3cccnc32)CCN(C(=O)OC(C)(C)C)CC1.O=C1C=Cc2cccnc2C1.O=C=O. The molecule has 0 atom stereocenters. The molecular weight excluding hydrogens is 548 g/mol. The van der Waals surface area contributed by atoms with E-state index in [1.807, 2.05) is 62.1 Å². The summed E-state index contributed by atoms with van der Waals surface area (Å²) in [5.74, 6) is 0.135. The van der Waals surface area contributed by atoms with Crippen LogP contribution in [0.25, 0.3) is 17.1 Å². The molecule has 3 aromatic rings. The molecule has 0 N–H and O–H groups in total. The molecule has 228 valence electrons. The van der Waals surface area contributed by atoms with Gasteiger partial charge in [-0.05, 0) is 93.9 Å². The molecule has 10 heteroatoms. The predicted molar refractivity (Wildman–Crippen MR) is 162 cm³/mol. The van der Waals surface area contributed by atoms with Crippen molar-refractivity contribution in [2.45, 2.75) is 78.4 Å². The lowest BCUT2D eigenvalue weighted by Gasteiger charge is -2.41. The molecule has 0 saturated carbocycles. The minimum atomic E-state index is -0.462. The summed E-state index contributed by atoms with van der Waals surface area (Å²) >= 11 is 0. The molecule has 0 spiro atoms. The second-order valence-electron chi connectivity index (χ2n) is 11.8. The fraction of sp³-hybridized carbons (Fsp3) is 0.455. The van der Waals surface area contributed by atoms with Crippen LogP contribution in [0.4, 0.5) is 4.79 Å². The topological polar surface area (TPSA) is 129 Å². The first-order valence-electron chi connectivity index (χ1n) is 14.6. The van der Waals surface area contributed by atoms with Crippen LogP contribution in [-0.4, -0.2) is 56.2 Å². The summed E-state index contributed by atoms with van der Waals surface area (Å²) in [6.45, 7) is 10.1. The number of allylic oxidation sites excluding steroid dienone is 1. The molecule has 0 unspecified atom stereocenters. The van der Waals surface area contributed by atoms with Gasteiger partial charge < -0.3 is 9.64 Å². The molecule has 0 radical (unpaired) electrons. The highest BCUT2D eigenvalue weighted by molar-refractivity contribution is 5.97. The summed E-state index contributed by atoms with van der Waals surface area (Å²) in [4.78, 5) is 62.2. The van der Waals surface area contributed by atoms with Crippen molar-refractivity contribution in [2.75, 3.05) is 13.1 Å². The van der Waals surface area contributed by atoms with Crippen LogP contribution in [0.15, 0.2) is 59.7 Å². The number of aromatic nitrogens is 3. The summed E-state index contributed by atoms with van der Waals surface area (Å²) in [5.41, 5.74) is 2.47. The van der Waals surface area contributed by atoms with Gasteiger partial charge in [-0.25, -0.2) is 9.78 Å². The van der Waals surface area contributed by atoms with E-state index in [1.54, 1.807) is 29.1 Å². The highest BCUT2D eigenvalue weighted by atomic mass is 16.6. The highest BCUT2D eigenvalue weighted by Crippen LogP contribution is 2.39. The van der Waals surface area contributed by atoms with E-state index in [0.717, 1.165) is 67.5 Å². The van der Waals surface area contributed by atoms with Crippen molar-refractivity contribution in [3.63, 3.8) is 0 Å². The molecule has 43 heavy (non-hydrogen) atoms. The van der Waals surface area contributed by atoms with E-state index in [-0.39, 0.29) is 29.0 Å². The van der Waals surface area contributed by atoms with Crippen LogP contribution >= 0.6 is 0 Å². The van der Waals surface area contributed by atoms with Crippen molar-refractivity contribution in [3.05, 3.63) is 76.5 Å². The van der Waals surface area contributed by atoms with E-state index >= 15 is 0 Å². The van der Waals surface area contributed by atoms with Gasteiger partial charge in [-0.3, -0.25) is 19.1 Å². The number of hydrogen-bond donors (Lipinski definition) is 0. The Kier molecular flexibility index (Phi) is 11.7. The standard InChI is InChI=1S/C23H33N3O3.C9H7NO.CO2/c1-5-23(12-16-25(17-13-23)21(28)29-22(2,3)4)11-7-15-26-19(27)10-9-18-8-6-14-24-20(18)26;11-8-4-3-7-2-1-5-10-9(7)6-8;2-1-3/h6,8-10,14H,5,7,11-13,15-17H2,1-4H3;1-5H,6H2;. The van der Waals surface area contributed by atoms with Gasteiger partial charge in [0.1, 0.15) is 11.2 Å². The van der Waals surface area contributed by atoms with Gasteiger partial charge in [0.05, 0.1) is 12.1 Å². The Morgan fingerprint density at radius 1 is 1.00 bits per heavy atom. The number of amides is 1. The number of pyridine rings is 3. The normalized spacial score (nSPS) is 15.3. The van der Waals surface area contributed by atoms with Gasteiger partial charge >= 0.3 is 12.2 Å². The maximum Gasteiger partial charge on any atom is 0.410 e. The van der Waals surface area contributed by atoms with Crippen LogP contribution in [0, 0.1) is 5.41 Å². The third-order valence-electron chi connectivity index (χ3n) is 7.77. The molecule has 1 aliphatic carbocycles. The molecule has 3 aromatic heterocycles. The van der Waals surface area contributed by atoms with Crippen molar-refractivity contribution in [1.82, 2.24) is 19.4 Å². The zero-order chi connectivity index (χ0) is 31.5. The third-order valence-corrected chi connectivity index (χ3v) is 7.77. The van der Waals surface area contributed by atoms with Crippen molar-refractivity contribution in [2.24, 2.45) is 5.41 Å². The number of likely N-dealkylation sites (tertiary alicyclic amines) is 1. The Morgan fingerprint density at radius 2 is 1.67 bits per heavy atom. The number of carbonyl (C=O) groups excluding carboxylic acids is 4. The highest BCUT2D eigenvalue weighted by Gasteiger charge is 2.35. The average molecular weight is 589 g/mol. The number of fused-ring (bicyclic) bond motifs is 2. The first-order chi connectivity index (χ1) is 20.5. The van der Waals surface area contributed by atoms with E-state index in [0.29, 0.717) is 13.0 Å². The Balaban J connectivity index is 0.000000297. The number of rotatable bonds is 5. The molecular formula is C33H40N4O6. The van der Waals surface area contributed by atoms with Crippen molar-refractivity contribution in [3.8, 4) is 0 Å². The lowest BCUT2D eigenvalue weighted by Crippen LogP contribution is -2.45. The van der Waals surface area contributed by atoms with Crippen LogP contribution in [-0.2, 0) is 32.1 Å². The van der Waals surface area contributed by atoms with Gasteiger partial charge in [0.25, 0.3) is 5.56 Å². The summed E-state index contributed by atoms with van der Waals surface area (Å²) in [6.07, 6.45) is 12.4. The summed E-state index contributed by atoms with van der Waals surface area (Å²) < 4.78 is 7.30. The Labute approximate surface area is 251 Å². The van der Waals surface area contributed by atoms with Gasteiger partial charge in [0, 0.05) is 43.5 Å². The average Bonchev–Trinajstić information content (AvgIpc) is 2.98. The fourth-order valence-electron chi connectivity index (χ4n) is 5.38. The maximum absolute atomic E-state index is 12.4. The van der Waals surface area contributed by atoms with E-state index in [1.165, 1.54) is 0 Å². The van der Waals surface area contributed by atoms with Crippen LogP contribution in [0.2, 0.25) is 0 Å². The molecule has 10 nitrogen and oxygen atoms in total. The van der Waals surface area contributed by atoms with E-state index in [2.05, 4.69) is 16.9 Å². The molecule has 0 aromatic carbocycles. The third kappa shape index (κ3) is 9.54. The number of ether oxygens (including phenoxy) is 1. The smallest absolute Gasteiger partial charge is 0.410 e. The van der Waals surface area contributed by atoms with Crippen molar-refractivity contribution >= 4 is 35.1 Å². The van der Waals surface area contributed by atoms with Crippen molar-refractivity contribution < 1.29 is 23.9 Å². The number of aryl methyl sites for hydroxylation is 1. The zero-order valence-electron chi connectivity index (χ0n) is 25.4. The second-order valence-corrected chi connectivity index (χ2v) is 11.8. The second kappa shape index (κ2) is 15.2. The Bertz CT molecular complexity index is 1520. The number of piperidine rings is 1. The van der Waals surface area contributed by atoms with Gasteiger partial charge in [-0.1, -0.05) is 19.4 Å². The van der Waals surface area contributed by atoms with Crippen LogP contribution < -0.4 is 5.56 Å². The first-order valence-corrected chi connectivity index (χ1v) is 14.6. The van der Waals surface area contributed by atoms with Gasteiger partial charge in [0.15, 0.2) is 5.78 Å². The molecule has 2 aliphatic rings. The van der Waals surface area contributed by atoms with Gasteiger partial charge in [-0.2, -0.15) is 9.59 Å². The Morgan fingerprint density at radius 3 is 2.35 bits per heavy atom. The molecule has 5 rings (SSSR count). The molecule has 1 aliphatic heterocycles. The van der Waals surface area contributed by atoms with Crippen LogP contribution in [0.3, 0.4) is 0 Å². The lowest BCUT2D eigenvalue weighted by molar-refractivity contribution is -0.191. The molecule has 1 fully saturated rings. The number of carbonyl (C=O) groups is 2. The van der Waals surface area contributed by atoms with E-state index in [9.17, 15) is 14.4 Å². The molecule has 0 bridgehead atoms. The molecule has 1 saturated heterocycles. The zero-order valence-corrected chi connectivity index (χ0v) is 25.4. The number of nitrogens with zero attached hydrogens (tertiary/aromatic N) is 4. The number of ketones is 1. The largest absolute Gasteiger partial charge is 0.444 e. The van der Waals surface area contributed by atoms with Crippen LogP contribution in [0.1, 0.15) is 71.1 Å². The maximum atomic E-state index is 12.4. The minimum absolute atomic E-state index is 0.00138. The summed E-state index contributed by atoms with van der Waals surface area (Å²) in [7, 11) is 0. The molecule has 4 heterocycles. The summed E-state index contributed by atoms with van der Waals surface area (Å²) in [6, 6.07) is 11.2. The number of hydrogen-bond acceptors (Lipinski definition) is 8. The quantitative estimate of drug-likeness (QED) is 0.396. The predicted octanol–water partition coefficient (Wildman–Crippen LogP) is 5.24. The molecule has 1 amide bonds. The summed E-state index contributed by atoms with van der Waals surface area (Å²) in [5, 5.41) is 0.989. The van der Waals surface area contributed by atoms with E-state index in [4.69, 9.17) is 14.3 Å². The van der Waals surface area contributed by atoms with E-state index < -0.39 is 5.60 Å². The minimum Gasteiger partial charge on any atom is -0.444 e. The first kappa shape index (κ1) is 33.1. The Hall–Kier alpha value is -4.43. The monoisotopic (exact) mass is 588 g/mol. The lowest BCUT2D eigenvalue weighted by atomic mass is 9.73. The van der Waals surface area contributed by atoms with Crippen LogP contribution in [0.5, 0.6) is 0 Å². The van der Waals surface area contributed by atoms with Gasteiger partial charge in [-0.15, -0.1) is 0 Å².